The minimum atomic E-state index is -3.57. The molecule has 3 aliphatic rings. The first kappa shape index (κ1) is 19.5. The molecular formula is C20H24FN5O3S. The Morgan fingerprint density at radius 3 is 2.97 bits per heavy atom. The van der Waals surface area contributed by atoms with Crippen molar-refractivity contribution in [2.45, 2.75) is 69.2 Å². The lowest BCUT2D eigenvalue weighted by atomic mass is 9.99. The van der Waals surface area contributed by atoms with Gasteiger partial charge in [-0.2, -0.15) is 5.10 Å². The van der Waals surface area contributed by atoms with Crippen LogP contribution in [0, 0.1) is 0 Å². The second kappa shape index (κ2) is 6.52. The van der Waals surface area contributed by atoms with Gasteiger partial charge in [-0.15, -0.1) is 4.36 Å². The summed E-state index contributed by atoms with van der Waals surface area (Å²) in [7, 11) is -3.57. The fourth-order valence-corrected chi connectivity index (χ4v) is 5.67. The standard InChI is InChI=1S/C20H24FN5O3S/c1-20(2)10-26-18(29-20)16(9-23-26)30(22,28)25-19(27)24-17-14-5-3-4-11(14)6-12-7-13(21)8-15(12)17/h6,9,13H,3-5,7-8,10H2,1-2H3,(H3,22,24,25,27,28)/t13-,30+/m0/s1. The summed E-state index contributed by atoms with van der Waals surface area (Å²) in [6.07, 6.45) is 3.69. The smallest absolute Gasteiger partial charge is 0.354 e. The molecule has 2 aromatic rings. The average Bonchev–Trinajstić information content (AvgIpc) is 3.36. The summed E-state index contributed by atoms with van der Waals surface area (Å²) in [5.41, 5.74) is 4.00. The lowest BCUT2D eigenvalue weighted by Crippen LogP contribution is -2.27. The van der Waals surface area contributed by atoms with E-state index >= 15 is 0 Å². The molecule has 10 heteroatoms. The molecule has 1 aromatic carbocycles. The van der Waals surface area contributed by atoms with Gasteiger partial charge in [-0.05, 0) is 55.4 Å². The van der Waals surface area contributed by atoms with Crippen LogP contribution in [0.3, 0.4) is 0 Å². The first-order chi connectivity index (χ1) is 14.1. The van der Waals surface area contributed by atoms with E-state index in [1.165, 1.54) is 6.20 Å². The Kier molecular flexibility index (Phi) is 4.24. The molecule has 30 heavy (non-hydrogen) atoms. The second-order valence-electron chi connectivity index (χ2n) is 8.81. The van der Waals surface area contributed by atoms with Gasteiger partial charge in [-0.1, -0.05) is 6.07 Å². The molecule has 2 aliphatic carbocycles. The van der Waals surface area contributed by atoms with Crippen LogP contribution in [0.5, 0.6) is 5.88 Å². The molecule has 2 heterocycles. The summed E-state index contributed by atoms with van der Waals surface area (Å²) in [4.78, 5) is 12.8. The molecule has 3 N–H and O–H groups in total. The van der Waals surface area contributed by atoms with Crippen molar-refractivity contribution in [2.75, 3.05) is 5.32 Å². The normalized spacial score (nSPS) is 22.6. The first-order valence-corrected chi connectivity index (χ1v) is 11.6. The van der Waals surface area contributed by atoms with E-state index in [1.807, 2.05) is 13.8 Å². The number of fused-ring (bicyclic) bond motifs is 3. The zero-order valence-electron chi connectivity index (χ0n) is 16.9. The van der Waals surface area contributed by atoms with E-state index in [2.05, 4.69) is 20.8 Å². The fraction of sp³-hybridized carbons (Fsp3) is 0.500. The highest BCUT2D eigenvalue weighted by Crippen LogP contribution is 2.39. The van der Waals surface area contributed by atoms with Crippen molar-refractivity contribution in [2.24, 2.45) is 9.50 Å². The van der Waals surface area contributed by atoms with Crippen LogP contribution in [0.4, 0.5) is 14.9 Å². The highest BCUT2D eigenvalue weighted by Gasteiger charge is 2.36. The molecule has 0 bridgehead atoms. The lowest BCUT2D eigenvalue weighted by Gasteiger charge is -2.16. The van der Waals surface area contributed by atoms with Gasteiger partial charge in [0.05, 0.1) is 12.7 Å². The van der Waals surface area contributed by atoms with Gasteiger partial charge in [-0.25, -0.2) is 23.2 Å². The zero-order valence-corrected chi connectivity index (χ0v) is 17.7. The number of alkyl halides is 1. The molecular weight excluding hydrogens is 409 g/mol. The van der Waals surface area contributed by atoms with Crippen LogP contribution < -0.4 is 15.2 Å². The molecule has 0 saturated heterocycles. The van der Waals surface area contributed by atoms with Gasteiger partial charge in [0.1, 0.15) is 16.7 Å². The number of hydrogen-bond donors (Lipinski definition) is 2. The van der Waals surface area contributed by atoms with Crippen molar-refractivity contribution in [3.8, 4) is 5.88 Å². The van der Waals surface area contributed by atoms with Crippen molar-refractivity contribution in [3.05, 3.63) is 34.5 Å². The molecule has 1 aliphatic heterocycles. The van der Waals surface area contributed by atoms with Crippen molar-refractivity contribution < 1.29 is 18.1 Å². The third-order valence-corrected chi connectivity index (χ3v) is 7.24. The number of carbonyl (C=O) groups is 1. The molecule has 0 spiro atoms. The minimum Gasteiger partial charge on any atom is -0.469 e. The molecule has 2 atom stereocenters. The number of aromatic nitrogens is 2. The highest BCUT2D eigenvalue weighted by molar-refractivity contribution is 7.91. The largest absolute Gasteiger partial charge is 0.469 e. The van der Waals surface area contributed by atoms with Crippen molar-refractivity contribution in [3.63, 3.8) is 0 Å². The molecule has 2 amide bonds. The van der Waals surface area contributed by atoms with Gasteiger partial charge in [0, 0.05) is 18.5 Å². The Bertz CT molecular complexity index is 1200. The number of benzene rings is 1. The van der Waals surface area contributed by atoms with Crippen LogP contribution in [-0.4, -0.2) is 31.8 Å². The highest BCUT2D eigenvalue weighted by atomic mass is 32.2. The maximum Gasteiger partial charge on any atom is 0.354 e. The molecule has 0 fully saturated rings. The number of aryl methyl sites for hydroxylation is 1. The quantitative estimate of drug-likeness (QED) is 0.758. The molecule has 0 radical (unpaired) electrons. The number of ether oxygens (including phenoxy) is 1. The number of carbonyl (C=O) groups excluding carboxylic acids is 1. The number of halogens is 1. The third kappa shape index (κ3) is 3.18. The minimum absolute atomic E-state index is 0.0931. The van der Waals surface area contributed by atoms with Crippen LogP contribution in [-0.2, 0) is 42.1 Å². The van der Waals surface area contributed by atoms with Gasteiger partial charge in [0.2, 0.25) is 5.88 Å². The molecule has 0 saturated carbocycles. The monoisotopic (exact) mass is 433 g/mol. The van der Waals surface area contributed by atoms with Crippen LogP contribution in [0.25, 0.3) is 0 Å². The summed E-state index contributed by atoms with van der Waals surface area (Å²) >= 11 is 0. The van der Waals surface area contributed by atoms with Crippen LogP contribution in [0.15, 0.2) is 21.5 Å². The van der Waals surface area contributed by atoms with E-state index in [0.29, 0.717) is 18.7 Å². The number of amides is 2. The number of anilines is 1. The van der Waals surface area contributed by atoms with E-state index in [0.717, 1.165) is 41.5 Å². The van der Waals surface area contributed by atoms with E-state index < -0.39 is 27.7 Å². The van der Waals surface area contributed by atoms with E-state index in [9.17, 15) is 13.4 Å². The zero-order chi connectivity index (χ0) is 21.3. The summed E-state index contributed by atoms with van der Waals surface area (Å²) in [5.74, 6) is 0.269. The van der Waals surface area contributed by atoms with Gasteiger partial charge < -0.3 is 10.1 Å². The van der Waals surface area contributed by atoms with E-state index in [-0.39, 0.29) is 17.2 Å². The van der Waals surface area contributed by atoms with Crippen LogP contribution in [0.2, 0.25) is 0 Å². The summed E-state index contributed by atoms with van der Waals surface area (Å²) in [6.45, 7) is 4.24. The van der Waals surface area contributed by atoms with Gasteiger partial charge in [0.25, 0.3) is 0 Å². The Hall–Kier alpha value is -2.46. The first-order valence-electron chi connectivity index (χ1n) is 10.0. The fourth-order valence-electron chi connectivity index (χ4n) is 4.68. The van der Waals surface area contributed by atoms with Crippen LogP contribution in [0.1, 0.15) is 42.5 Å². The number of nitrogens with zero attached hydrogens (tertiary/aromatic N) is 3. The Labute approximate surface area is 174 Å². The lowest BCUT2D eigenvalue weighted by molar-refractivity contribution is 0.132. The number of hydrogen-bond acceptors (Lipinski definition) is 4. The van der Waals surface area contributed by atoms with Gasteiger partial charge in [0.15, 0.2) is 9.92 Å². The van der Waals surface area contributed by atoms with Crippen molar-refractivity contribution >= 4 is 21.6 Å². The van der Waals surface area contributed by atoms with Crippen molar-refractivity contribution in [1.29, 1.82) is 0 Å². The van der Waals surface area contributed by atoms with E-state index in [1.54, 1.807) is 4.68 Å². The summed E-state index contributed by atoms with van der Waals surface area (Å²) in [5, 5.41) is 12.9. The third-order valence-electron chi connectivity index (χ3n) is 5.90. The second-order valence-corrected chi connectivity index (χ2v) is 10.6. The Morgan fingerprint density at radius 1 is 1.37 bits per heavy atom. The number of urea groups is 1. The molecule has 8 nitrogen and oxygen atoms in total. The average molecular weight is 434 g/mol. The Morgan fingerprint density at radius 2 is 2.17 bits per heavy atom. The Balaban J connectivity index is 1.48. The maximum absolute atomic E-state index is 14.0. The topological polar surface area (TPSA) is 112 Å². The molecule has 1 aromatic heterocycles. The number of rotatable bonds is 2. The maximum atomic E-state index is 14.0. The molecule has 5 rings (SSSR count). The molecule has 160 valence electrons. The number of nitrogens with two attached hydrogens (primary N) is 1. The number of nitrogens with one attached hydrogen (secondary N) is 1. The van der Waals surface area contributed by atoms with E-state index in [4.69, 9.17) is 9.88 Å². The SMILES string of the molecule is CC1(C)Cn2ncc([S@](N)(=O)=NC(=O)Nc3c4c(cc5c3C[C@@H](F)C5)CCC4)c2O1. The van der Waals surface area contributed by atoms with Crippen LogP contribution >= 0.6 is 0 Å². The predicted octanol–water partition coefficient (Wildman–Crippen LogP) is 2.91. The van der Waals surface area contributed by atoms with Gasteiger partial charge >= 0.3 is 6.03 Å². The van der Waals surface area contributed by atoms with Gasteiger partial charge in [-0.3, -0.25) is 0 Å². The summed E-state index contributed by atoms with van der Waals surface area (Å²) in [6, 6.07) is 1.25. The van der Waals surface area contributed by atoms with Crippen molar-refractivity contribution in [1.82, 2.24) is 9.78 Å². The predicted molar refractivity (Wildman–Crippen MR) is 110 cm³/mol. The summed E-state index contributed by atoms with van der Waals surface area (Å²) < 4.78 is 38.3. The molecule has 0 unspecified atom stereocenters.